The summed E-state index contributed by atoms with van der Waals surface area (Å²) in [5, 5.41) is 0. The summed E-state index contributed by atoms with van der Waals surface area (Å²) in [6, 6.07) is 16.0. The Balaban J connectivity index is 1.75. The summed E-state index contributed by atoms with van der Waals surface area (Å²) in [7, 11) is 0. The molecule has 2 heterocycles. The number of Topliss-reactive ketones (excluding diaryl/α,β-unsaturated/α-hetero) is 1. The number of carbonyl (C=O) groups is 1. The van der Waals surface area contributed by atoms with Crippen molar-refractivity contribution in [3.8, 4) is 0 Å². The van der Waals surface area contributed by atoms with Gasteiger partial charge in [0.1, 0.15) is 0 Å². The number of aliphatic imine (C=N–C) groups is 2. The molecule has 6 nitrogen and oxygen atoms in total. The van der Waals surface area contributed by atoms with Crippen molar-refractivity contribution in [2.75, 3.05) is 26.2 Å². The highest BCUT2D eigenvalue weighted by Crippen LogP contribution is 2.25. The molecule has 0 radical (unpaired) electrons. The number of hydrogen-bond donors (Lipinski definition) is 0. The fraction of sp³-hybridized carbons (Fsp3) is 0.367. The Kier molecular flexibility index (Phi) is 10.8. The number of alkyl halides is 1. The Hall–Kier alpha value is -3.03. The van der Waals surface area contributed by atoms with E-state index in [0.717, 1.165) is 42.1 Å². The zero-order valence-electron chi connectivity index (χ0n) is 22.2. The molecule has 0 aliphatic rings. The molecule has 0 unspecified atom stereocenters. The summed E-state index contributed by atoms with van der Waals surface area (Å²) in [5.41, 5.74) is 6.35. The minimum atomic E-state index is -0.554. The highest BCUT2D eigenvalue weighted by molar-refractivity contribution is 9.10. The normalized spacial score (nSPS) is 12.2. The first-order valence-corrected chi connectivity index (χ1v) is 13.4. The van der Waals surface area contributed by atoms with Crippen LogP contribution in [-0.2, 0) is 17.8 Å². The molecular weight excluding hydrogens is 526 g/mol. The lowest BCUT2D eigenvalue weighted by Gasteiger charge is -2.24. The van der Waals surface area contributed by atoms with E-state index in [4.69, 9.17) is 0 Å². The standard InChI is InChI=1S/C30H36BrN5O/c1-23-17-24(2)28(19-29(37)30(3,4)31)25(18-23)22-36(15-13-32-20-26-9-5-7-11-34-26)16-14-33-21-27-10-6-8-12-35-27/h5-12,17-18,20-21H,13-16,19,22H2,1-4H3. The van der Waals surface area contributed by atoms with Gasteiger partial charge >= 0.3 is 0 Å². The number of hydrogen-bond acceptors (Lipinski definition) is 6. The number of aryl methyl sites for hydroxylation is 2. The van der Waals surface area contributed by atoms with E-state index in [2.05, 4.69) is 66.8 Å². The lowest BCUT2D eigenvalue weighted by atomic mass is 9.91. The zero-order valence-corrected chi connectivity index (χ0v) is 23.8. The number of benzene rings is 1. The lowest BCUT2D eigenvalue weighted by Crippen LogP contribution is -2.31. The Morgan fingerprint density at radius 1 is 0.946 bits per heavy atom. The summed E-state index contributed by atoms with van der Waals surface area (Å²) in [6.45, 7) is 11.6. The summed E-state index contributed by atoms with van der Waals surface area (Å²) in [6.07, 6.45) is 7.57. The van der Waals surface area contributed by atoms with Gasteiger partial charge in [-0.25, -0.2) is 0 Å². The van der Waals surface area contributed by atoms with E-state index in [9.17, 15) is 4.79 Å². The second-order valence-corrected chi connectivity index (χ2v) is 11.6. The number of pyridine rings is 2. The van der Waals surface area contributed by atoms with Gasteiger partial charge in [0.05, 0.1) is 28.8 Å². The molecule has 0 bridgehead atoms. The van der Waals surface area contributed by atoms with Gasteiger partial charge in [-0.05, 0) is 68.7 Å². The lowest BCUT2D eigenvalue weighted by molar-refractivity contribution is -0.119. The molecule has 2 aromatic heterocycles. The molecule has 0 aliphatic carbocycles. The maximum atomic E-state index is 12.9. The maximum Gasteiger partial charge on any atom is 0.153 e. The molecule has 194 valence electrons. The summed E-state index contributed by atoms with van der Waals surface area (Å²) in [5.74, 6) is 0.173. The zero-order chi connectivity index (χ0) is 26.7. The molecule has 0 saturated heterocycles. The van der Waals surface area contributed by atoms with Crippen LogP contribution in [0.15, 0.2) is 70.9 Å². The number of ketones is 1. The molecule has 0 fully saturated rings. The Labute approximate surface area is 229 Å². The monoisotopic (exact) mass is 561 g/mol. The Morgan fingerprint density at radius 3 is 2.00 bits per heavy atom. The first kappa shape index (κ1) is 28.5. The minimum absolute atomic E-state index is 0.173. The first-order chi connectivity index (χ1) is 17.7. The van der Waals surface area contributed by atoms with E-state index in [-0.39, 0.29) is 5.78 Å². The van der Waals surface area contributed by atoms with Gasteiger partial charge < -0.3 is 0 Å². The summed E-state index contributed by atoms with van der Waals surface area (Å²) >= 11 is 3.54. The third-order valence-electron chi connectivity index (χ3n) is 6.02. The fourth-order valence-electron chi connectivity index (χ4n) is 3.98. The van der Waals surface area contributed by atoms with Gasteiger partial charge in [-0.2, -0.15) is 0 Å². The van der Waals surface area contributed by atoms with Gasteiger partial charge in [0.15, 0.2) is 5.78 Å². The van der Waals surface area contributed by atoms with Crippen molar-refractivity contribution in [1.29, 1.82) is 0 Å². The second kappa shape index (κ2) is 14.1. The molecule has 0 spiro atoms. The number of aromatic nitrogens is 2. The molecule has 0 amide bonds. The van der Waals surface area contributed by atoms with Crippen LogP contribution in [0.3, 0.4) is 0 Å². The second-order valence-electron chi connectivity index (χ2n) is 9.65. The smallest absolute Gasteiger partial charge is 0.153 e. The van der Waals surface area contributed by atoms with Crippen molar-refractivity contribution in [3.63, 3.8) is 0 Å². The molecule has 0 atom stereocenters. The molecule has 7 heteroatoms. The van der Waals surface area contributed by atoms with Crippen molar-refractivity contribution in [1.82, 2.24) is 14.9 Å². The highest BCUT2D eigenvalue weighted by atomic mass is 79.9. The molecule has 3 rings (SSSR count). The van der Waals surface area contributed by atoms with Crippen LogP contribution in [0.5, 0.6) is 0 Å². The fourth-order valence-corrected chi connectivity index (χ4v) is 4.12. The minimum Gasteiger partial charge on any atom is -0.298 e. The van der Waals surface area contributed by atoms with Gasteiger partial charge in [-0.15, -0.1) is 0 Å². The van der Waals surface area contributed by atoms with E-state index in [1.807, 2.05) is 62.7 Å². The number of halogens is 1. The van der Waals surface area contributed by atoms with Crippen LogP contribution < -0.4 is 0 Å². The molecule has 1 aromatic carbocycles. The van der Waals surface area contributed by atoms with Crippen LogP contribution in [0.4, 0.5) is 0 Å². The molecule has 0 N–H and O–H groups in total. The SMILES string of the molecule is Cc1cc(C)c(CC(=O)C(C)(C)Br)c(CN(CCN=Cc2ccccn2)CCN=Cc2ccccn2)c1. The van der Waals surface area contributed by atoms with Gasteiger partial charge in [0.25, 0.3) is 0 Å². The van der Waals surface area contributed by atoms with Crippen molar-refractivity contribution >= 4 is 34.1 Å². The van der Waals surface area contributed by atoms with Gasteiger partial charge in [-0.1, -0.05) is 45.8 Å². The van der Waals surface area contributed by atoms with E-state index in [0.29, 0.717) is 19.5 Å². The summed E-state index contributed by atoms with van der Waals surface area (Å²) < 4.78 is -0.554. The van der Waals surface area contributed by atoms with Crippen LogP contribution in [0, 0.1) is 13.8 Å². The predicted molar refractivity (Wildman–Crippen MR) is 156 cm³/mol. The van der Waals surface area contributed by atoms with Crippen molar-refractivity contribution in [2.45, 2.75) is 45.0 Å². The van der Waals surface area contributed by atoms with Crippen LogP contribution in [0.2, 0.25) is 0 Å². The average molecular weight is 563 g/mol. The van der Waals surface area contributed by atoms with Crippen LogP contribution in [-0.4, -0.2) is 63.6 Å². The molecular formula is C30H36BrN5O. The topological polar surface area (TPSA) is 70.8 Å². The van der Waals surface area contributed by atoms with Crippen molar-refractivity contribution in [2.24, 2.45) is 9.98 Å². The molecule has 3 aromatic rings. The third kappa shape index (κ3) is 9.74. The maximum absolute atomic E-state index is 12.9. The van der Waals surface area contributed by atoms with E-state index < -0.39 is 4.32 Å². The third-order valence-corrected chi connectivity index (χ3v) is 6.46. The first-order valence-electron chi connectivity index (χ1n) is 12.6. The largest absolute Gasteiger partial charge is 0.298 e. The van der Waals surface area contributed by atoms with Crippen molar-refractivity contribution in [3.05, 3.63) is 94.6 Å². The van der Waals surface area contributed by atoms with Gasteiger partial charge in [0.2, 0.25) is 0 Å². The van der Waals surface area contributed by atoms with E-state index in [1.54, 1.807) is 12.4 Å². The van der Waals surface area contributed by atoms with E-state index in [1.165, 1.54) is 11.1 Å². The van der Waals surface area contributed by atoms with Crippen LogP contribution in [0.1, 0.15) is 47.5 Å². The number of rotatable bonds is 13. The van der Waals surface area contributed by atoms with E-state index >= 15 is 0 Å². The molecule has 0 aliphatic heterocycles. The van der Waals surface area contributed by atoms with Crippen LogP contribution in [0.25, 0.3) is 0 Å². The number of carbonyl (C=O) groups excluding carboxylic acids is 1. The quantitative estimate of drug-likeness (QED) is 0.206. The average Bonchev–Trinajstić information content (AvgIpc) is 2.86. The van der Waals surface area contributed by atoms with Gasteiger partial charge in [0, 0.05) is 50.9 Å². The predicted octanol–water partition coefficient (Wildman–Crippen LogP) is 5.42. The van der Waals surface area contributed by atoms with Gasteiger partial charge in [-0.3, -0.25) is 29.6 Å². The highest BCUT2D eigenvalue weighted by Gasteiger charge is 2.25. The molecule has 0 saturated carbocycles. The molecule has 37 heavy (non-hydrogen) atoms. The van der Waals surface area contributed by atoms with Crippen molar-refractivity contribution < 1.29 is 4.79 Å². The van der Waals surface area contributed by atoms with Crippen LogP contribution >= 0.6 is 15.9 Å². The Bertz CT molecular complexity index is 1150. The Morgan fingerprint density at radius 2 is 1.51 bits per heavy atom. The summed E-state index contributed by atoms with van der Waals surface area (Å²) in [4.78, 5) is 33.1. The number of nitrogens with zero attached hydrogens (tertiary/aromatic N) is 5.